The molecule has 0 bridgehead atoms. The van der Waals surface area contributed by atoms with Gasteiger partial charge in [-0.1, -0.05) is 49.2 Å². The molecule has 2 atom stereocenters. The van der Waals surface area contributed by atoms with Crippen molar-refractivity contribution in [2.45, 2.75) is 32.5 Å². The maximum absolute atomic E-state index is 6.21. The molecule has 0 spiro atoms. The third kappa shape index (κ3) is 2.66. The van der Waals surface area contributed by atoms with E-state index in [-0.39, 0.29) is 12.3 Å². The lowest BCUT2D eigenvalue weighted by molar-refractivity contribution is -0.0461. The lowest BCUT2D eigenvalue weighted by atomic mass is 9.95. The molecule has 0 saturated heterocycles. The van der Waals surface area contributed by atoms with Crippen LogP contribution < -0.4 is 4.74 Å². The van der Waals surface area contributed by atoms with E-state index >= 15 is 0 Å². The van der Waals surface area contributed by atoms with E-state index in [1.54, 1.807) is 0 Å². The van der Waals surface area contributed by atoms with Gasteiger partial charge in [-0.15, -0.1) is 0 Å². The van der Waals surface area contributed by atoms with Crippen LogP contribution in [0.4, 0.5) is 0 Å². The first kappa shape index (κ1) is 15.8. The molecule has 4 rings (SSSR count). The minimum atomic E-state index is -0.0755. The van der Waals surface area contributed by atoms with Gasteiger partial charge in [-0.05, 0) is 35.9 Å². The van der Waals surface area contributed by atoms with E-state index in [1.165, 1.54) is 0 Å². The lowest BCUT2D eigenvalue weighted by Gasteiger charge is -2.40. The molecular weight excluding hydrogens is 343 g/mol. The summed E-state index contributed by atoms with van der Waals surface area (Å²) in [5.41, 5.74) is 3.26. The first-order valence-electron chi connectivity index (χ1n) is 8.11. The molecule has 0 N–H and O–H groups in total. The van der Waals surface area contributed by atoms with Gasteiger partial charge in [0.25, 0.3) is 0 Å². The molecule has 0 radical (unpaired) electrons. The van der Waals surface area contributed by atoms with Gasteiger partial charge < -0.3 is 4.74 Å². The Bertz CT molecular complexity index is 802. The van der Waals surface area contributed by atoms with Crippen molar-refractivity contribution in [3.05, 3.63) is 63.6 Å². The number of ether oxygens (including phenoxy) is 1. The van der Waals surface area contributed by atoms with Crippen molar-refractivity contribution in [3.63, 3.8) is 0 Å². The molecule has 2 aromatic rings. The number of fused-ring (bicyclic) bond motifs is 3. The summed E-state index contributed by atoms with van der Waals surface area (Å²) in [6.45, 7) is 4.30. The summed E-state index contributed by atoms with van der Waals surface area (Å²) in [7, 11) is 0. The zero-order valence-electron chi connectivity index (χ0n) is 13.5. The summed E-state index contributed by atoms with van der Waals surface area (Å²) < 4.78 is 6.20. The van der Waals surface area contributed by atoms with Crippen molar-refractivity contribution >= 4 is 28.9 Å². The van der Waals surface area contributed by atoms with Crippen molar-refractivity contribution in [2.24, 2.45) is 11.0 Å². The summed E-state index contributed by atoms with van der Waals surface area (Å²) in [5, 5.41) is 8.43. The molecule has 2 heterocycles. The number of halogens is 2. The standard InChI is InChI=1S/C19H18Cl2N2O/c1-11(2)19-23-17(15-9-14(21)7-8-18(15)24-19)10-16(22-23)12-3-5-13(20)6-4-12/h3-9,11,17,19H,10H2,1-2H3/t17-,19+/m1/s1. The first-order valence-corrected chi connectivity index (χ1v) is 8.86. The van der Waals surface area contributed by atoms with E-state index in [1.807, 2.05) is 42.5 Å². The summed E-state index contributed by atoms with van der Waals surface area (Å²) >= 11 is 12.2. The van der Waals surface area contributed by atoms with Crippen LogP contribution in [0, 0.1) is 5.92 Å². The van der Waals surface area contributed by atoms with Crippen LogP contribution in [0.5, 0.6) is 5.75 Å². The molecule has 0 fully saturated rings. The molecular formula is C19H18Cl2N2O. The van der Waals surface area contributed by atoms with Crippen molar-refractivity contribution in [2.75, 3.05) is 0 Å². The number of benzene rings is 2. The zero-order valence-corrected chi connectivity index (χ0v) is 15.1. The van der Waals surface area contributed by atoms with E-state index < -0.39 is 0 Å². The van der Waals surface area contributed by atoms with Crippen LogP contribution in [0.25, 0.3) is 0 Å². The van der Waals surface area contributed by atoms with Gasteiger partial charge in [0.05, 0.1) is 11.8 Å². The number of hydrogen-bond donors (Lipinski definition) is 0. The molecule has 0 aliphatic carbocycles. The molecule has 0 aromatic heterocycles. The average Bonchev–Trinajstić information content (AvgIpc) is 3.00. The predicted octanol–water partition coefficient (Wildman–Crippen LogP) is 5.52. The second kappa shape index (κ2) is 5.98. The lowest BCUT2D eigenvalue weighted by Crippen LogP contribution is -2.43. The molecule has 2 aliphatic heterocycles. The third-order valence-electron chi connectivity index (χ3n) is 4.53. The number of nitrogens with zero attached hydrogens (tertiary/aromatic N) is 2. The topological polar surface area (TPSA) is 24.8 Å². The molecule has 0 amide bonds. The summed E-state index contributed by atoms with van der Waals surface area (Å²) in [6, 6.07) is 13.8. The number of hydrogen-bond acceptors (Lipinski definition) is 3. The quantitative estimate of drug-likeness (QED) is 0.704. The fourth-order valence-electron chi connectivity index (χ4n) is 3.34. The van der Waals surface area contributed by atoms with Gasteiger partial charge >= 0.3 is 0 Å². The van der Waals surface area contributed by atoms with Crippen LogP contribution in [0.15, 0.2) is 47.6 Å². The second-order valence-electron chi connectivity index (χ2n) is 6.59. The Kier molecular flexibility index (Phi) is 3.93. The summed E-state index contributed by atoms with van der Waals surface area (Å²) in [6.07, 6.45) is 0.759. The Morgan fingerprint density at radius 2 is 1.79 bits per heavy atom. The fourth-order valence-corrected chi connectivity index (χ4v) is 3.65. The smallest absolute Gasteiger partial charge is 0.190 e. The molecule has 0 unspecified atom stereocenters. The fraction of sp³-hybridized carbons (Fsp3) is 0.316. The van der Waals surface area contributed by atoms with Crippen LogP contribution in [-0.2, 0) is 0 Å². The Balaban J connectivity index is 1.75. The van der Waals surface area contributed by atoms with Crippen LogP contribution in [0.2, 0.25) is 10.0 Å². The summed E-state index contributed by atoms with van der Waals surface area (Å²) in [5.74, 6) is 1.23. The maximum Gasteiger partial charge on any atom is 0.190 e. The van der Waals surface area contributed by atoms with Crippen LogP contribution in [0.3, 0.4) is 0 Å². The molecule has 124 valence electrons. The Morgan fingerprint density at radius 1 is 1.08 bits per heavy atom. The molecule has 2 aliphatic rings. The largest absolute Gasteiger partial charge is 0.468 e. The first-order chi connectivity index (χ1) is 11.5. The molecule has 24 heavy (non-hydrogen) atoms. The van der Waals surface area contributed by atoms with Gasteiger partial charge in [0.15, 0.2) is 6.23 Å². The highest BCUT2D eigenvalue weighted by atomic mass is 35.5. The van der Waals surface area contributed by atoms with E-state index in [2.05, 4.69) is 18.9 Å². The maximum atomic E-state index is 6.21. The summed E-state index contributed by atoms with van der Waals surface area (Å²) in [4.78, 5) is 0. The van der Waals surface area contributed by atoms with Gasteiger partial charge in [-0.2, -0.15) is 5.10 Å². The number of rotatable bonds is 2. The molecule has 5 heteroatoms. The van der Waals surface area contributed by atoms with Gasteiger partial charge in [-0.3, -0.25) is 0 Å². The van der Waals surface area contributed by atoms with Gasteiger partial charge in [0.2, 0.25) is 0 Å². The van der Waals surface area contributed by atoms with E-state index in [0.717, 1.165) is 39.1 Å². The van der Waals surface area contributed by atoms with E-state index in [4.69, 9.17) is 33.0 Å². The normalized spacial score (nSPS) is 22.0. The predicted molar refractivity (Wildman–Crippen MR) is 97.9 cm³/mol. The average molecular weight is 361 g/mol. The van der Waals surface area contributed by atoms with Crippen molar-refractivity contribution < 1.29 is 4.74 Å². The molecule has 2 aromatic carbocycles. The van der Waals surface area contributed by atoms with E-state index in [9.17, 15) is 0 Å². The van der Waals surface area contributed by atoms with Gasteiger partial charge in [0, 0.05) is 27.9 Å². The van der Waals surface area contributed by atoms with Gasteiger partial charge in [-0.25, -0.2) is 5.01 Å². The molecule has 0 saturated carbocycles. The highest BCUT2D eigenvalue weighted by Gasteiger charge is 2.41. The highest BCUT2D eigenvalue weighted by Crippen LogP contribution is 2.45. The van der Waals surface area contributed by atoms with Crippen LogP contribution in [-0.4, -0.2) is 16.9 Å². The Labute approximate surface area is 151 Å². The van der Waals surface area contributed by atoms with Crippen molar-refractivity contribution in [1.82, 2.24) is 5.01 Å². The third-order valence-corrected chi connectivity index (χ3v) is 5.02. The minimum Gasteiger partial charge on any atom is -0.468 e. The Morgan fingerprint density at radius 3 is 2.50 bits per heavy atom. The highest BCUT2D eigenvalue weighted by molar-refractivity contribution is 6.31. The van der Waals surface area contributed by atoms with Crippen molar-refractivity contribution in [3.8, 4) is 5.75 Å². The van der Waals surface area contributed by atoms with Crippen LogP contribution >= 0.6 is 23.2 Å². The monoisotopic (exact) mass is 360 g/mol. The van der Waals surface area contributed by atoms with E-state index in [0.29, 0.717) is 5.92 Å². The SMILES string of the molecule is CC(C)[C@@H]1Oc2ccc(Cl)cc2[C@H]2CC(c3ccc(Cl)cc3)=NN21. The van der Waals surface area contributed by atoms with Crippen LogP contribution in [0.1, 0.15) is 37.4 Å². The Hall–Kier alpha value is -1.71. The molecule has 3 nitrogen and oxygen atoms in total. The van der Waals surface area contributed by atoms with Gasteiger partial charge in [0.1, 0.15) is 5.75 Å². The van der Waals surface area contributed by atoms with Crippen molar-refractivity contribution in [1.29, 1.82) is 0 Å². The minimum absolute atomic E-state index is 0.0755. The zero-order chi connectivity index (χ0) is 16.8. The second-order valence-corrected chi connectivity index (χ2v) is 7.46. The number of hydrazone groups is 1.